The van der Waals surface area contributed by atoms with Crippen LogP contribution < -0.4 is 0 Å². The van der Waals surface area contributed by atoms with Crippen molar-refractivity contribution < 1.29 is 9.53 Å². The average molecular weight is 172 g/mol. The highest BCUT2D eigenvalue weighted by Crippen LogP contribution is 2.18. The van der Waals surface area contributed by atoms with Crippen molar-refractivity contribution >= 4 is 5.78 Å². The summed E-state index contributed by atoms with van der Waals surface area (Å²) in [5.41, 5.74) is 0. The van der Waals surface area contributed by atoms with Crippen LogP contribution in [0.1, 0.15) is 40.0 Å². The van der Waals surface area contributed by atoms with Gasteiger partial charge in [-0.05, 0) is 25.7 Å². The first-order valence-electron chi connectivity index (χ1n) is 4.86. The maximum atomic E-state index is 10.7. The Balaban J connectivity index is 0.000000561. The van der Waals surface area contributed by atoms with Crippen molar-refractivity contribution in [2.75, 3.05) is 13.2 Å². The van der Waals surface area contributed by atoms with Gasteiger partial charge in [-0.2, -0.15) is 0 Å². The summed E-state index contributed by atoms with van der Waals surface area (Å²) in [5.74, 6) is 0.915. The smallest absolute Gasteiger partial charge is 0.130 e. The highest BCUT2D eigenvalue weighted by atomic mass is 16.5. The van der Waals surface area contributed by atoms with E-state index in [1.807, 2.05) is 13.8 Å². The summed E-state index contributed by atoms with van der Waals surface area (Å²) in [7, 11) is 0. The van der Waals surface area contributed by atoms with Gasteiger partial charge in [0.1, 0.15) is 5.78 Å². The van der Waals surface area contributed by atoms with E-state index in [9.17, 15) is 4.79 Å². The second-order valence-corrected chi connectivity index (χ2v) is 2.96. The van der Waals surface area contributed by atoms with Gasteiger partial charge in [-0.25, -0.2) is 0 Å². The fraction of sp³-hybridized carbons (Fsp3) is 0.900. The normalized spacial score (nSPS) is 17.9. The fourth-order valence-corrected chi connectivity index (χ4v) is 1.36. The van der Waals surface area contributed by atoms with Gasteiger partial charge in [0, 0.05) is 19.6 Å². The quantitative estimate of drug-likeness (QED) is 0.639. The number of ketones is 1. The molecule has 0 aliphatic carbocycles. The second kappa shape index (κ2) is 7.29. The summed E-state index contributed by atoms with van der Waals surface area (Å²) in [6.07, 6.45) is 2.89. The van der Waals surface area contributed by atoms with E-state index in [1.54, 1.807) is 6.92 Å². The Morgan fingerprint density at radius 2 is 1.83 bits per heavy atom. The zero-order chi connectivity index (χ0) is 9.40. The van der Waals surface area contributed by atoms with E-state index >= 15 is 0 Å². The van der Waals surface area contributed by atoms with Crippen LogP contribution in [0.4, 0.5) is 0 Å². The van der Waals surface area contributed by atoms with Gasteiger partial charge in [-0.3, -0.25) is 0 Å². The Morgan fingerprint density at radius 1 is 1.33 bits per heavy atom. The molecule has 0 unspecified atom stereocenters. The molecule has 1 heterocycles. The van der Waals surface area contributed by atoms with E-state index in [2.05, 4.69) is 0 Å². The molecule has 1 fully saturated rings. The molecule has 0 saturated carbocycles. The van der Waals surface area contributed by atoms with Crippen LogP contribution in [0.5, 0.6) is 0 Å². The Hall–Kier alpha value is -0.370. The monoisotopic (exact) mass is 172 g/mol. The molecule has 2 nitrogen and oxygen atoms in total. The molecule has 1 aliphatic heterocycles. The number of rotatable bonds is 2. The molecule has 0 bridgehead atoms. The third-order valence-electron chi connectivity index (χ3n) is 1.92. The Morgan fingerprint density at radius 3 is 2.25 bits per heavy atom. The fourth-order valence-electron chi connectivity index (χ4n) is 1.36. The van der Waals surface area contributed by atoms with Crippen molar-refractivity contribution in [1.29, 1.82) is 0 Å². The number of carbonyl (C=O) groups is 1. The largest absolute Gasteiger partial charge is 0.381 e. The molecule has 0 atom stereocenters. The topological polar surface area (TPSA) is 26.3 Å². The summed E-state index contributed by atoms with van der Waals surface area (Å²) < 4.78 is 5.17. The summed E-state index contributed by atoms with van der Waals surface area (Å²) in [6, 6.07) is 0. The molecule has 0 N–H and O–H groups in total. The summed E-state index contributed by atoms with van der Waals surface area (Å²) in [6.45, 7) is 7.35. The highest BCUT2D eigenvalue weighted by molar-refractivity contribution is 5.75. The van der Waals surface area contributed by atoms with Crippen LogP contribution in [0.15, 0.2) is 0 Å². The third kappa shape index (κ3) is 5.30. The lowest BCUT2D eigenvalue weighted by molar-refractivity contribution is -0.118. The van der Waals surface area contributed by atoms with Gasteiger partial charge in [0.2, 0.25) is 0 Å². The number of hydrogen-bond donors (Lipinski definition) is 0. The minimum absolute atomic E-state index is 0.312. The molecule has 0 aromatic rings. The summed E-state index contributed by atoms with van der Waals surface area (Å²) in [4.78, 5) is 10.7. The SMILES string of the molecule is CC.CC(=O)CC1CCOCC1. The first-order chi connectivity index (χ1) is 5.79. The zero-order valence-corrected chi connectivity index (χ0v) is 8.43. The van der Waals surface area contributed by atoms with Crippen LogP contribution in [-0.2, 0) is 9.53 Å². The second-order valence-electron chi connectivity index (χ2n) is 2.96. The Labute approximate surface area is 75.3 Å². The minimum atomic E-state index is 0.312. The molecule has 0 radical (unpaired) electrons. The Bertz CT molecular complexity index is 115. The van der Waals surface area contributed by atoms with Gasteiger partial charge in [-0.15, -0.1) is 0 Å². The van der Waals surface area contributed by atoms with Gasteiger partial charge in [0.25, 0.3) is 0 Å². The third-order valence-corrected chi connectivity index (χ3v) is 1.92. The van der Waals surface area contributed by atoms with E-state index in [0.717, 1.165) is 32.5 Å². The molecular weight excluding hydrogens is 152 g/mol. The van der Waals surface area contributed by atoms with Crippen molar-refractivity contribution in [3.63, 3.8) is 0 Å². The van der Waals surface area contributed by atoms with E-state index in [1.165, 1.54) is 0 Å². The van der Waals surface area contributed by atoms with Gasteiger partial charge in [0.05, 0.1) is 0 Å². The van der Waals surface area contributed by atoms with Crippen LogP contribution in [0.3, 0.4) is 0 Å². The molecule has 2 heteroatoms. The lowest BCUT2D eigenvalue weighted by Crippen LogP contribution is -2.17. The van der Waals surface area contributed by atoms with Crippen molar-refractivity contribution in [2.45, 2.75) is 40.0 Å². The molecule has 12 heavy (non-hydrogen) atoms. The lowest BCUT2D eigenvalue weighted by atomic mass is 9.95. The maximum Gasteiger partial charge on any atom is 0.130 e. The molecule has 72 valence electrons. The molecule has 0 aromatic carbocycles. The number of carbonyl (C=O) groups excluding carboxylic acids is 1. The predicted molar refractivity (Wildman–Crippen MR) is 50.2 cm³/mol. The van der Waals surface area contributed by atoms with E-state index in [0.29, 0.717) is 11.7 Å². The van der Waals surface area contributed by atoms with Crippen LogP contribution in [-0.4, -0.2) is 19.0 Å². The predicted octanol–water partition coefficient (Wildman–Crippen LogP) is 2.42. The van der Waals surface area contributed by atoms with Gasteiger partial charge >= 0.3 is 0 Å². The molecular formula is C10H20O2. The average Bonchev–Trinajstić information content (AvgIpc) is 2.08. The van der Waals surface area contributed by atoms with Crippen molar-refractivity contribution in [1.82, 2.24) is 0 Å². The zero-order valence-electron chi connectivity index (χ0n) is 8.43. The van der Waals surface area contributed by atoms with Crippen LogP contribution >= 0.6 is 0 Å². The molecule has 1 aliphatic rings. The van der Waals surface area contributed by atoms with Crippen molar-refractivity contribution in [2.24, 2.45) is 5.92 Å². The van der Waals surface area contributed by atoms with Gasteiger partial charge in [-0.1, -0.05) is 13.8 Å². The van der Waals surface area contributed by atoms with E-state index in [-0.39, 0.29) is 0 Å². The first kappa shape index (κ1) is 11.6. The van der Waals surface area contributed by atoms with Crippen LogP contribution in [0.2, 0.25) is 0 Å². The summed E-state index contributed by atoms with van der Waals surface area (Å²) >= 11 is 0. The molecule has 0 aromatic heterocycles. The van der Waals surface area contributed by atoms with Gasteiger partial charge < -0.3 is 9.53 Å². The molecule has 1 rings (SSSR count). The summed E-state index contributed by atoms with van der Waals surface area (Å²) in [5, 5.41) is 0. The van der Waals surface area contributed by atoms with Gasteiger partial charge in [0.15, 0.2) is 0 Å². The highest BCUT2D eigenvalue weighted by Gasteiger charge is 2.14. The number of ether oxygens (including phenoxy) is 1. The van der Waals surface area contributed by atoms with Crippen molar-refractivity contribution in [3.05, 3.63) is 0 Å². The maximum absolute atomic E-state index is 10.7. The standard InChI is InChI=1S/C8H14O2.C2H6/c1-7(9)6-8-2-4-10-5-3-8;1-2/h8H,2-6H2,1H3;1-2H3. The molecule has 1 saturated heterocycles. The lowest BCUT2D eigenvalue weighted by Gasteiger charge is -2.20. The van der Waals surface area contributed by atoms with Crippen LogP contribution in [0.25, 0.3) is 0 Å². The number of hydrogen-bond acceptors (Lipinski definition) is 2. The molecule has 0 amide bonds. The Kier molecular flexibility index (Phi) is 7.06. The van der Waals surface area contributed by atoms with E-state index < -0.39 is 0 Å². The number of Topliss-reactive ketones (excluding diaryl/α,β-unsaturated/α-hetero) is 1. The van der Waals surface area contributed by atoms with E-state index in [4.69, 9.17) is 4.74 Å². The molecule has 0 spiro atoms. The van der Waals surface area contributed by atoms with Crippen molar-refractivity contribution in [3.8, 4) is 0 Å². The first-order valence-corrected chi connectivity index (χ1v) is 4.86. The minimum Gasteiger partial charge on any atom is -0.381 e. The van der Waals surface area contributed by atoms with Crippen LogP contribution in [0, 0.1) is 5.92 Å².